The van der Waals surface area contributed by atoms with Gasteiger partial charge in [0.05, 0.1) is 28.3 Å². The number of urea groups is 1. The predicted molar refractivity (Wildman–Crippen MR) is 155 cm³/mol. The molecule has 38 heavy (non-hydrogen) atoms. The molecule has 1 N–H and O–H groups in total. The molecule has 0 saturated carbocycles. The van der Waals surface area contributed by atoms with Gasteiger partial charge in [-0.2, -0.15) is 0 Å². The Bertz CT molecular complexity index is 1650. The van der Waals surface area contributed by atoms with Crippen LogP contribution in [0.15, 0.2) is 95.8 Å². The van der Waals surface area contributed by atoms with Crippen molar-refractivity contribution in [3.05, 3.63) is 113 Å². The number of hydrogen-bond acceptors (Lipinski definition) is 3. The van der Waals surface area contributed by atoms with E-state index in [1.54, 1.807) is 15.5 Å². The lowest BCUT2D eigenvalue weighted by Crippen LogP contribution is -2.40. The molecule has 1 atom stereocenters. The number of rotatable bonds is 7. The van der Waals surface area contributed by atoms with Gasteiger partial charge < -0.3 is 10.2 Å². The largest absolute Gasteiger partial charge is 0.322 e. The van der Waals surface area contributed by atoms with Gasteiger partial charge >= 0.3 is 6.03 Å². The number of anilines is 1. The fourth-order valence-electron chi connectivity index (χ4n) is 5.07. The maximum atomic E-state index is 13.8. The summed E-state index contributed by atoms with van der Waals surface area (Å²) in [5.41, 5.74) is 3.16. The van der Waals surface area contributed by atoms with E-state index in [0.717, 1.165) is 28.6 Å². The highest BCUT2D eigenvalue weighted by molar-refractivity contribution is 6.01. The highest BCUT2D eigenvalue weighted by Gasteiger charge is 2.28. The molecule has 1 aromatic heterocycles. The van der Waals surface area contributed by atoms with Gasteiger partial charge in [0.1, 0.15) is 5.82 Å². The first-order chi connectivity index (χ1) is 18.5. The SMILES string of the molecule is CCc1ccc(-n2c(C(CC)N(CC)C(=O)Nc3cccc4ccccc34)nc3ccccc3c2=O)cc1. The van der Waals surface area contributed by atoms with Crippen LogP contribution in [0.25, 0.3) is 27.4 Å². The first-order valence-electron chi connectivity index (χ1n) is 13.2. The van der Waals surface area contributed by atoms with Crippen LogP contribution in [0.1, 0.15) is 44.6 Å². The molecule has 0 saturated heterocycles. The molecule has 0 fully saturated rings. The second-order valence-corrected chi connectivity index (χ2v) is 9.31. The zero-order valence-corrected chi connectivity index (χ0v) is 22.0. The van der Waals surface area contributed by atoms with Gasteiger partial charge in [-0.15, -0.1) is 0 Å². The Morgan fingerprint density at radius 3 is 2.26 bits per heavy atom. The Morgan fingerprint density at radius 1 is 0.868 bits per heavy atom. The van der Waals surface area contributed by atoms with E-state index in [9.17, 15) is 9.59 Å². The van der Waals surface area contributed by atoms with Gasteiger partial charge in [0.2, 0.25) is 0 Å². The quantitative estimate of drug-likeness (QED) is 0.257. The topological polar surface area (TPSA) is 67.2 Å². The van der Waals surface area contributed by atoms with Crippen molar-refractivity contribution in [1.82, 2.24) is 14.5 Å². The molecule has 0 aliphatic rings. The number of nitrogens with one attached hydrogen (secondary N) is 1. The number of aryl methyl sites for hydroxylation is 1. The summed E-state index contributed by atoms with van der Waals surface area (Å²) in [5.74, 6) is 0.551. The summed E-state index contributed by atoms with van der Waals surface area (Å²) in [4.78, 5) is 34.3. The van der Waals surface area contributed by atoms with Crippen molar-refractivity contribution in [3.63, 3.8) is 0 Å². The van der Waals surface area contributed by atoms with Crippen molar-refractivity contribution in [2.24, 2.45) is 0 Å². The molecule has 0 aliphatic carbocycles. The van der Waals surface area contributed by atoms with E-state index in [4.69, 9.17) is 4.98 Å². The van der Waals surface area contributed by atoms with Gasteiger partial charge in [-0.25, -0.2) is 9.78 Å². The van der Waals surface area contributed by atoms with Crippen LogP contribution in [0.4, 0.5) is 10.5 Å². The molecule has 6 heteroatoms. The van der Waals surface area contributed by atoms with Crippen LogP contribution in [0.2, 0.25) is 0 Å². The first kappa shape index (κ1) is 25.2. The fraction of sp³-hybridized carbons (Fsp3) is 0.219. The minimum Gasteiger partial charge on any atom is -0.315 e. The van der Waals surface area contributed by atoms with Crippen LogP contribution in [-0.4, -0.2) is 27.0 Å². The summed E-state index contributed by atoms with van der Waals surface area (Å²) in [6.07, 6.45) is 1.50. The highest BCUT2D eigenvalue weighted by atomic mass is 16.2. The monoisotopic (exact) mass is 504 g/mol. The Kier molecular flexibility index (Phi) is 7.22. The van der Waals surface area contributed by atoms with E-state index in [-0.39, 0.29) is 11.6 Å². The number of benzene rings is 4. The molecule has 1 unspecified atom stereocenters. The summed E-state index contributed by atoms with van der Waals surface area (Å²) in [5, 5.41) is 5.70. The lowest BCUT2D eigenvalue weighted by molar-refractivity contribution is 0.185. The summed E-state index contributed by atoms with van der Waals surface area (Å²) in [7, 11) is 0. The van der Waals surface area contributed by atoms with Crippen LogP contribution in [0.3, 0.4) is 0 Å². The van der Waals surface area contributed by atoms with E-state index in [1.165, 1.54) is 5.56 Å². The number of nitrogens with zero attached hydrogens (tertiary/aromatic N) is 3. The molecular formula is C32H32N4O2. The summed E-state index contributed by atoms with van der Waals surface area (Å²) < 4.78 is 1.67. The Hall–Kier alpha value is -4.45. The van der Waals surface area contributed by atoms with Gasteiger partial charge in [0.25, 0.3) is 5.56 Å². The van der Waals surface area contributed by atoms with Crippen molar-refractivity contribution in [1.29, 1.82) is 0 Å². The van der Waals surface area contributed by atoms with Crippen LogP contribution in [0, 0.1) is 0 Å². The zero-order chi connectivity index (χ0) is 26.6. The van der Waals surface area contributed by atoms with E-state index in [0.29, 0.717) is 29.7 Å². The Labute approximate surface area is 222 Å². The van der Waals surface area contributed by atoms with E-state index in [1.807, 2.05) is 98.8 Å². The molecule has 4 aromatic carbocycles. The smallest absolute Gasteiger partial charge is 0.315 e. The summed E-state index contributed by atoms with van der Waals surface area (Å²) in [6, 6.07) is 28.6. The molecule has 5 rings (SSSR count). The summed E-state index contributed by atoms with van der Waals surface area (Å²) in [6.45, 7) is 6.52. The maximum Gasteiger partial charge on any atom is 0.322 e. The first-order valence-corrected chi connectivity index (χ1v) is 13.2. The minimum atomic E-state index is -0.418. The fourth-order valence-corrected chi connectivity index (χ4v) is 5.07. The number of hydrogen-bond donors (Lipinski definition) is 1. The second kappa shape index (κ2) is 10.9. The maximum absolute atomic E-state index is 13.8. The molecule has 0 radical (unpaired) electrons. The number of carbonyl (C=O) groups excluding carboxylic acids is 1. The Morgan fingerprint density at radius 2 is 1.55 bits per heavy atom. The predicted octanol–water partition coefficient (Wildman–Crippen LogP) is 7.11. The van der Waals surface area contributed by atoms with Crippen LogP contribution in [0.5, 0.6) is 0 Å². The summed E-state index contributed by atoms with van der Waals surface area (Å²) >= 11 is 0. The molecule has 5 aromatic rings. The van der Waals surface area contributed by atoms with E-state index in [2.05, 4.69) is 12.2 Å². The van der Waals surface area contributed by atoms with Crippen LogP contribution in [-0.2, 0) is 6.42 Å². The molecular weight excluding hydrogens is 472 g/mol. The van der Waals surface area contributed by atoms with Crippen molar-refractivity contribution < 1.29 is 4.79 Å². The van der Waals surface area contributed by atoms with Crippen LogP contribution >= 0.6 is 0 Å². The van der Waals surface area contributed by atoms with Gasteiger partial charge in [-0.1, -0.05) is 74.5 Å². The lowest BCUT2D eigenvalue weighted by Gasteiger charge is -2.31. The number of carbonyl (C=O) groups is 1. The van der Waals surface area contributed by atoms with E-state index < -0.39 is 6.04 Å². The lowest BCUT2D eigenvalue weighted by atomic mass is 10.1. The minimum absolute atomic E-state index is 0.140. The molecule has 192 valence electrons. The van der Waals surface area contributed by atoms with Gasteiger partial charge in [0, 0.05) is 11.9 Å². The normalized spacial score (nSPS) is 12.0. The van der Waals surface area contributed by atoms with Gasteiger partial charge in [-0.3, -0.25) is 9.36 Å². The molecule has 1 heterocycles. The average Bonchev–Trinajstić information content (AvgIpc) is 2.96. The van der Waals surface area contributed by atoms with Gasteiger partial charge in [-0.05, 0) is 61.0 Å². The van der Waals surface area contributed by atoms with Crippen molar-refractivity contribution in [2.75, 3.05) is 11.9 Å². The number of fused-ring (bicyclic) bond motifs is 2. The third kappa shape index (κ3) is 4.65. The second-order valence-electron chi connectivity index (χ2n) is 9.31. The van der Waals surface area contributed by atoms with Crippen molar-refractivity contribution in [2.45, 2.75) is 39.7 Å². The third-order valence-corrected chi connectivity index (χ3v) is 7.10. The number of para-hydroxylation sites is 1. The molecule has 6 nitrogen and oxygen atoms in total. The third-order valence-electron chi connectivity index (χ3n) is 7.10. The Balaban J connectivity index is 1.61. The molecule has 0 spiro atoms. The van der Waals surface area contributed by atoms with E-state index >= 15 is 0 Å². The number of amides is 2. The van der Waals surface area contributed by atoms with Crippen molar-refractivity contribution in [3.8, 4) is 5.69 Å². The zero-order valence-electron chi connectivity index (χ0n) is 22.0. The molecule has 2 amide bonds. The average molecular weight is 505 g/mol. The number of aromatic nitrogens is 2. The highest BCUT2D eigenvalue weighted by Crippen LogP contribution is 2.28. The van der Waals surface area contributed by atoms with Crippen molar-refractivity contribution >= 4 is 33.4 Å². The van der Waals surface area contributed by atoms with Crippen LogP contribution < -0.4 is 10.9 Å². The standard InChI is InChI=1S/C32H32N4O2/c1-4-22-18-20-24(21-19-22)36-30(33-28-16-10-9-15-26(28)31(36)37)29(5-2)35(6-3)32(38)34-27-17-11-13-23-12-7-8-14-25(23)27/h7-21,29H,4-6H2,1-3H3,(H,34,38). The molecule has 0 bridgehead atoms. The van der Waals surface area contributed by atoms with Gasteiger partial charge in [0.15, 0.2) is 0 Å². The molecule has 0 aliphatic heterocycles.